The van der Waals surface area contributed by atoms with Crippen molar-refractivity contribution < 1.29 is 9.63 Å². The number of hydrogen-bond acceptors (Lipinski definition) is 5. The van der Waals surface area contributed by atoms with Crippen molar-refractivity contribution in [1.82, 2.24) is 9.13 Å². The lowest BCUT2D eigenvalue weighted by Gasteiger charge is -2.10. The number of amidine groups is 1. The van der Waals surface area contributed by atoms with E-state index in [2.05, 4.69) is 5.16 Å². The molecule has 0 bridgehead atoms. The van der Waals surface area contributed by atoms with Gasteiger partial charge in [0, 0.05) is 18.3 Å². The quantitative estimate of drug-likeness (QED) is 0.311. The topological polar surface area (TPSA) is 109 Å². The Balaban J connectivity index is 1.96. The maximum Gasteiger partial charge on any atom is 0.365 e. The Labute approximate surface area is 164 Å². The highest BCUT2D eigenvalue weighted by Crippen LogP contribution is 2.10. The first kappa shape index (κ1) is 19.1. The zero-order valence-corrected chi connectivity index (χ0v) is 15.5. The molecule has 1 aromatic heterocycles. The van der Waals surface area contributed by atoms with Gasteiger partial charge in [-0.15, -0.1) is 0 Å². The highest BCUT2D eigenvalue weighted by Gasteiger charge is 2.15. The smallest absolute Gasteiger partial charge is 0.365 e. The van der Waals surface area contributed by atoms with Crippen LogP contribution in [0.5, 0.6) is 0 Å². The molecule has 2 N–H and O–H groups in total. The molecule has 0 atom stereocenters. The van der Waals surface area contributed by atoms with Gasteiger partial charge in [-0.1, -0.05) is 35.0 Å². The molecule has 3 rings (SSSR count). The SMILES string of the molecule is Cn1c(=O)c(/C(N)=N\OC(=O)c2ccc(Cl)cc2)cn(-c2ccccc2)c1=O. The van der Waals surface area contributed by atoms with Gasteiger partial charge in [0.15, 0.2) is 5.84 Å². The summed E-state index contributed by atoms with van der Waals surface area (Å²) in [4.78, 5) is 41.6. The Morgan fingerprint density at radius 1 is 1.07 bits per heavy atom. The molecule has 0 spiro atoms. The molecule has 0 aliphatic rings. The number of carbonyl (C=O) groups excluding carboxylic acids is 1. The van der Waals surface area contributed by atoms with Gasteiger partial charge in [0.25, 0.3) is 5.56 Å². The van der Waals surface area contributed by atoms with E-state index < -0.39 is 17.2 Å². The van der Waals surface area contributed by atoms with E-state index in [-0.39, 0.29) is 17.0 Å². The van der Waals surface area contributed by atoms with Gasteiger partial charge in [0.2, 0.25) is 0 Å². The molecule has 0 amide bonds. The summed E-state index contributed by atoms with van der Waals surface area (Å²) in [6.07, 6.45) is 1.26. The summed E-state index contributed by atoms with van der Waals surface area (Å²) in [7, 11) is 1.32. The third kappa shape index (κ3) is 3.86. The molecule has 9 heteroatoms. The maximum absolute atomic E-state index is 12.4. The molecule has 0 saturated heterocycles. The van der Waals surface area contributed by atoms with Gasteiger partial charge < -0.3 is 10.6 Å². The van der Waals surface area contributed by atoms with Crippen molar-refractivity contribution in [3.8, 4) is 5.69 Å². The third-order valence-corrected chi connectivity index (χ3v) is 4.16. The molecule has 0 aliphatic heterocycles. The molecule has 0 saturated carbocycles. The minimum Gasteiger partial charge on any atom is -0.380 e. The van der Waals surface area contributed by atoms with Crippen molar-refractivity contribution in [1.29, 1.82) is 0 Å². The zero-order chi connectivity index (χ0) is 20.3. The number of nitrogens with zero attached hydrogens (tertiary/aromatic N) is 3. The van der Waals surface area contributed by atoms with Crippen LogP contribution in [0, 0.1) is 0 Å². The largest absolute Gasteiger partial charge is 0.380 e. The lowest BCUT2D eigenvalue weighted by molar-refractivity contribution is 0.0516. The van der Waals surface area contributed by atoms with E-state index in [4.69, 9.17) is 22.2 Å². The van der Waals surface area contributed by atoms with Gasteiger partial charge in [-0.05, 0) is 36.4 Å². The lowest BCUT2D eigenvalue weighted by Crippen LogP contribution is -2.41. The summed E-state index contributed by atoms with van der Waals surface area (Å²) < 4.78 is 2.14. The van der Waals surface area contributed by atoms with Crippen molar-refractivity contribution in [3.05, 3.63) is 97.8 Å². The van der Waals surface area contributed by atoms with Gasteiger partial charge >= 0.3 is 11.7 Å². The van der Waals surface area contributed by atoms with E-state index in [1.807, 2.05) is 0 Å². The van der Waals surface area contributed by atoms with Crippen LogP contribution in [-0.2, 0) is 11.9 Å². The fourth-order valence-electron chi connectivity index (χ4n) is 2.40. The minimum atomic E-state index is -0.771. The predicted octanol–water partition coefficient (Wildman–Crippen LogP) is 1.67. The average molecular weight is 399 g/mol. The molecule has 2 aromatic carbocycles. The normalized spacial score (nSPS) is 11.3. The van der Waals surface area contributed by atoms with Gasteiger partial charge in [-0.25, -0.2) is 9.59 Å². The summed E-state index contributed by atoms with van der Waals surface area (Å²) in [6.45, 7) is 0. The van der Waals surface area contributed by atoms with E-state index in [1.165, 1.54) is 42.1 Å². The van der Waals surface area contributed by atoms with Crippen molar-refractivity contribution >= 4 is 23.4 Å². The molecule has 3 aromatic rings. The fraction of sp³-hybridized carbons (Fsp3) is 0.0526. The van der Waals surface area contributed by atoms with E-state index in [0.717, 1.165) is 4.57 Å². The zero-order valence-electron chi connectivity index (χ0n) is 14.7. The summed E-state index contributed by atoms with van der Waals surface area (Å²) in [5, 5.41) is 4.01. The Bertz CT molecular complexity index is 1170. The average Bonchev–Trinajstić information content (AvgIpc) is 2.71. The predicted molar refractivity (Wildman–Crippen MR) is 105 cm³/mol. The Kier molecular flexibility index (Phi) is 5.42. The second-order valence-electron chi connectivity index (χ2n) is 5.76. The van der Waals surface area contributed by atoms with Crippen LogP contribution in [0.25, 0.3) is 5.69 Å². The second-order valence-corrected chi connectivity index (χ2v) is 6.19. The standard InChI is InChI=1S/C19H15ClN4O4/c1-23-17(25)15(11-24(19(23)27)14-5-3-2-4-6-14)16(21)22-28-18(26)12-7-9-13(20)10-8-12/h2-11H,1H3,(H2,21,22). The molecule has 142 valence electrons. The van der Waals surface area contributed by atoms with E-state index >= 15 is 0 Å². The summed E-state index contributed by atoms with van der Waals surface area (Å²) in [5.41, 5.74) is 5.28. The number of nitrogens with two attached hydrogens (primary N) is 1. The van der Waals surface area contributed by atoms with E-state index in [0.29, 0.717) is 10.7 Å². The number of benzene rings is 2. The molecule has 0 unspecified atom stereocenters. The molecule has 8 nitrogen and oxygen atoms in total. The number of oxime groups is 1. The third-order valence-electron chi connectivity index (χ3n) is 3.90. The molecule has 0 aliphatic carbocycles. The van der Waals surface area contributed by atoms with E-state index in [9.17, 15) is 14.4 Å². The Morgan fingerprint density at radius 3 is 2.36 bits per heavy atom. The van der Waals surface area contributed by atoms with Crippen LogP contribution in [0.4, 0.5) is 0 Å². The van der Waals surface area contributed by atoms with Gasteiger partial charge in [-0.3, -0.25) is 13.9 Å². The first-order valence-electron chi connectivity index (χ1n) is 8.07. The number of aromatic nitrogens is 2. The number of para-hydroxylation sites is 1. The highest BCUT2D eigenvalue weighted by atomic mass is 35.5. The monoisotopic (exact) mass is 398 g/mol. The van der Waals surface area contributed by atoms with Crippen molar-refractivity contribution in [2.75, 3.05) is 0 Å². The van der Waals surface area contributed by atoms with Crippen molar-refractivity contribution in [2.24, 2.45) is 17.9 Å². The summed E-state index contributed by atoms with van der Waals surface area (Å²) >= 11 is 5.77. The van der Waals surface area contributed by atoms with Crippen molar-refractivity contribution in [3.63, 3.8) is 0 Å². The second kappa shape index (κ2) is 7.93. The van der Waals surface area contributed by atoms with Crippen LogP contribution in [0.2, 0.25) is 5.02 Å². The lowest BCUT2D eigenvalue weighted by atomic mass is 10.2. The molecular formula is C19H15ClN4O4. The maximum atomic E-state index is 12.4. The van der Waals surface area contributed by atoms with Crippen molar-refractivity contribution in [2.45, 2.75) is 0 Å². The molecule has 0 fully saturated rings. The first-order chi connectivity index (χ1) is 13.4. The fourth-order valence-corrected chi connectivity index (χ4v) is 2.52. The van der Waals surface area contributed by atoms with Gasteiger partial charge in [-0.2, -0.15) is 0 Å². The van der Waals surface area contributed by atoms with Crippen LogP contribution in [0.3, 0.4) is 0 Å². The van der Waals surface area contributed by atoms with Crippen LogP contribution in [0.1, 0.15) is 15.9 Å². The van der Waals surface area contributed by atoms with Gasteiger partial charge in [0.05, 0.1) is 11.3 Å². The highest BCUT2D eigenvalue weighted by molar-refractivity contribution is 6.30. The van der Waals surface area contributed by atoms with Crippen LogP contribution in [0.15, 0.2) is 75.5 Å². The van der Waals surface area contributed by atoms with E-state index in [1.54, 1.807) is 30.3 Å². The summed E-state index contributed by atoms with van der Waals surface area (Å²) in [6, 6.07) is 14.7. The Hall–Kier alpha value is -3.65. The van der Waals surface area contributed by atoms with Crippen LogP contribution >= 0.6 is 11.6 Å². The molecule has 1 heterocycles. The number of rotatable bonds is 4. The minimum absolute atomic E-state index is 0.0881. The molecule has 28 heavy (non-hydrogen) atoms. The molecular weight excluding hydrogens is 384 g/mol. The number of halogens is 1. The first-order valence-corrected chi connectivity index (χ1v) is 8.45. The Morgan fingerprint density at radius 2 is 1.71 bits per heavy atom. The number of carbonyl (C=O) groups is 1. The summed E-state index contributed by atoms with van der Waals surface area (Å²) in [5.74, 6) is -1.11. The van der Waals surface area contributed by atoms with Crippen LogP contribution < -0.4 is 17.0 Å². The van der Waals surface area contributed by atoms with Gasteiger partial charge in [0.1, 0.15) is 5.56 Å². The van der Waals surface area contributed by atoms with Crippen LogP contribution in [-0.4, -0.2) is 20.9 Å². The molecule has 0 radical (unpaired) electrons. The number of hydrogen-bond donors (Lipinski definition) is 1.